The van der Waals surface area contributed by atoms with Gasteiger partial charge in [0.2, 0.25) is 5.91 Å². The molecule has 4 aromatic rings. The molecule has 4 heterocycles. The first-order valence-electron chi connectivity index (χ1n) is 10.7. The fourth-order valence-corrected chi connectivity index (χ4v) is 4.24. The third-order valence-corrected chi connectivity index (χ3v) is 5.96. The largest absolute Gasteiger partial charge is 0.467 e. The molecule has 8 heteroatoms. The van der Waals surface area contributed by atoms with Gasteiger partial charge in [0, 0.05) is 30.2 Å². The first kappa shape index (κ1) is 20.1. The minimum absolute atomic E-state index is 0.129. The molecule has 2 amide bonds. The van der Waals surface area contributed by atoms with E-state index in [2.05, 4.69) is 10.3 Å². The topological polar surface area (TPSA) is 93.5 Å². The summed E-state index contributed by atoms with van der Waals surface area (Å²) in [6, 6.07) is 11.0. The summed E-state index contributed by atoms with van der Waals surface area (Å²) in [5.41, 5.74) is 2.24. The van der Waals surface area contributed by atoms with E-state index in [0.29, 0.717) is 42.4 Å². The van der Waals surface area contributed by atoms with Gasteiger partial charge < -0.3 is 23.6 Å². The summed E-state index contributed by atoms with van der Waals surface area (Å²) in [4.78, 5) is 32.1. The second kappa shape index (κ2) is 8.03. The number of nitrogens with zero attached hydrogens (tertiary/aromatic N) is 3. The normalized spacial score (nSPS) is 15.7. The maximum atomic E-state index is 13.3. The predicted molar refractivity (Wildman–Crippen MR) is 117 cm³/mol. The van der Waals surface area contributed by atoms with Crippen molar-refractivity contribution in [2.24, 2.45) is 0 Å². The Kier molecular flexibility index (Phi) is 5.05. The van der Waals surface area contributed by atoms with E-state index in [4.69, 9.17) is 8.83 Å². The maximum absolute atomic E-state index is 13.3. The van der Waals surface area contributed by atoms with E-state index in [1.807, 2.05) is 54.9 Å². The lowest BCUT2D eigenvalue weighted by Gasteiger charge is -2.33. The van der Waals surface area contributed by atoms with Crippen LogP contribution in [0.15, 0.2) is 57.7 Å². The summed E-state index contributed by atoms with van der Waals surface area (Å²) in [6.45, 7) is 5.37. The van der Waals surface area contributed by atoms with Gasteiger partial charge in [0.15, 0.2) is 5.76 Å². The number of carbonyl (C=O) groups excluding carboxylic acids is 2. The van der Waals surface area contributed by atoms with Crippen molar-refractivity contribution in [2.75, 3.05) is 6.54 Å². The van der Waals surface area contributed by atoms with Crippen molar-refractivity contribution >= 4 is 22.8 Å². The zero-order chi connectivity index (χ0) is 22.2. The molecule has 0 spiro atoms. The van der Waals surface area contributed by atoms with Gasteiger partial charge in [-0.15, -0.1) is 0 Å². The highest BCUT2D eigenvalue weighted by Crippen LogP contribution is 2.30. The molecule has 1 N–H and O–H groups in total. The molecule has 0 saturated heterocycles. The summed E-state index contributed by atoms with van der Waals surface area (Å²) in [6.07, 6.45) is 3.64. The quantitative estimate of drug-likeness (QED) is 0.520. The van der Waals surface area contributed by atoms with Gasteiger partial charge >= 0.3 is 0 Å². The van der Waals surface area contributed by atoms with Crippen LogP contribution in [0.1, 0.15) is 46.4 Å². The third-order valence-electron chi connectivity index (χ3n) is 5.96. The van der Waals surface area contributed by atoms with Crippen LogP contribution in [0.3, 0.4) is 0 Å². The number of hydrogen-bond acceptors (Lipinski definition) is 5. The van der Waals surface area contributed by atoms with Crippen molar-refractivity contribution in [1.29, 1.82) is 0 Å². The Labute approximate surface area is 184 Å². The monoisotopic (exact) mass is 432 g/mol. The molecule has 1 atom stereocenters. The molecule has 0 aliphatic carbocycles. The van der Waals surface area contributed by atoms with E-state index in [9.17, 15) is 9.59 Å². The Morgan fingerprint density at radius 1 is 1.19 bits per heavy atom. The first-order chi connectivity index (χ1) is 15.5. The Hall–Kier alpha value is -3.81. The van der Waals surface area contributed by atoms with Crippen molar-refractivity contribution in [3.63, 3.8) is 0 Å². The first-order valence-corrected chi connectivity index (χ1v) is 10.7. The Morgan fingerprint density at radius 2 is 2.03 bits per heavy atom. The van der Waals surface area contributed by atoms with Crippen LogP contribution in [-0.4, -0.2) is 32.8 Å². The van der Waals surface area contributed by atoms with Gasteiger partial charge in [-0.2, -0.15) is 0 Å². The lowest BCUT2D eigenvalue weighted by Crippen LogP contribution is -2.41. The zero-order valence-electron chi connectivity index (χ0n) is 18.0. The fourth-order valence-electron chi connectivity index (χ4n) is 4.24. The predicted octanol–water partition coefficient (Wildman–Crippen LogP) is 3.61. The molecule has 0 radical (unpaired) electrons. The van der Waals surface area contributed by atoms with E-state index in [-0.39, 0.29) is 24.3 Å². The second-order valence-corrected chi connectivity index (χ2v) is 8.04. The van der Waals surface area contributed by atoms with Crippen LogP contribution >= 0.6 is 0 Å². The molecule has 5 rings (SSSR count). The Bertz CT molecular complexity index is 1280. The van der Waals surface area contributed by atoms with Crippen molar-refractivity contribution in [1.82, 2.24) is 19.8 Å². The average molecular weight is 432 g/mol. The molecule has 1 aliphatic rings. The Balaban J connectivity index is 1.30. The van der Waals surface area contributed by atoms with Crippen LogP contribution in [0.2, 0.25) is 0 Å². The number of amides is 2. The number of benzene rings is 1. The molecule has 1 unspecified atom stereocenters. The number of fused-ring (bicyclic) bond motifs is 2. The SMILES string of the molecule is Cc1c(C(=O)N2CCn3cc(CC(=O)NCc4ccco4)nc3C2C)oc2ccccc12. The van der Waals surface area contributed by atoms with Gasteiger partial charge in [0.1, 0.15) is 17.2 Å². The van der Waals surface area contributed by atoms with Crippen molar-refractivity contribution in [3.05, 3.63) is 77.5 Å². The number of imidazole rings is 1. The van der Waals surface area contributed by atoms with Crippen LogP contribution in [0, 0.1) is 6.92 Å². The number of hydrogen-bond donors (Lipinski definition) is 1. The van der Waals surface area contributed by atoms with Gasteiger partial charge in [0.05, 0.1) is 31.0 Å². The summed E-state index contributed by atoms with van der Waals surface area (Å²) in [5.74, 6) is 1.57. The smallest absolute Gasteiger partial charge is 0.290 e. The molecular weight excluding hydrogens is 408 g/mol. The number of carbonyl (C=O) groups is 2. The van der Waals surface area contributed by atoms with Crippen LogP contribution < -0.4 is 5.32 Å². The van der Waals surface area contributed by atoms with Crippen molar-refractivity contribution in [3.8, 4) is 0 Å². The highest BCUT2D eigenvalue weighted by molar-refractivity contribution is 5.99. The van der Waals surface area contributed by atoms with Gasteiger partial charge in [-0.25, -0.2) is 4.98 Å². The van der Waals surface area contributed by atoms with Crippen LogP contribution in [0.4, 0.5) is 0 Å². The molecule has 1 aromatic carbocycles. The average Bonchev–Trinajstić information content (AvgIpc) is 3.52. The minimum atomic E-state index is -0.233. The summed E-state index contributed by atoms with van der Waals surface area (Å²) in [5, 5.41) is 3.78. The van der Waals surface area contributed by atoms with Crippen molar-refractivity contribution < 1.29 is 18.4 Å². The van der Waals surface area contributed by atoms with Gasteiger partial charge in [-0.1, -0.05) is 18.2 Å². The minimum Gasteiger partial charge on any atom is -0.467 e. The fraction of sp³-hybridized carbons (Fsp3) is 0.292. The lowest BCUT2D eigenvalue weighted by atomic mass is 10.1. The van der Waals surface area contributed by atoms with Crippen LogP contribution in [0.25, 0.3) is 11.0 Å². The number of para-hydroxylation sites is 1. The molecule has 164 valence electrons. The second-order valence-electron chi connectivity index (χ2n) is 8.04. The highest BCUT2D eigenvalue weighted by Gasteiger charge is 2.33. The van der Waals surface area contributed by atoms with E-state index < -0.39 is 0 Å². The lowest BCUT2D eigenvalue weighted by molar-refractivity contribution is -0.120. The van der Waals surface area contributed by atoms with E-state index in [0.717, 1.165) is 16.8 Å². The summed E-state index contributed by atoms with van der Waals surface area (Å²) < 4.78 is 13.1. The Morgan fingerprint density at radius 3 is 2.81 bits per heavy atom. The number of aromatic nitrogens is 2. The van der Waals surface area contributed by atoms with Crippen LogP contribution in [0.5, 0.6) is 0 Å². The third kappa shape index (κ3) is 3.57. The number of furan rings is 2. The van der Waals surface area contributed by atoms with E-state index >= 15 is 0 Å². The molecule has 0 fully saturated rings. The molecule has 0 saturated carbocycles. The number of rotatable bonds is 5. The molecule has 32 heavy (non-hydrogen) atoms. The van der Waals surface area contributed by atoms with E-state index in [1.165, 1.54) is 0 Å². The molecule has 1 aliphatic heterocycles. The van der Waals surface area contributed by atoms with Crippen LogP contribution in [-0.2, 0) is 24.3 Å². The number of nitrogens with one attached hydrogen (secondary N) is 1. The van der Waals surface area contributed by atoms with Crippen molar-refractivity contribution in [2.45, 2.75) is 39.4 Å². The molecule has 3 aromatic heterocycles. The standard InChI is InChI=1S/C24H24N4O4/c1-15-19-7-3-4-8-20(19)32-22(15)24(30)28-10-9-27-14-17(26-23(27)16(28)2)12-21(29)25-13-18-6-5-11-31-18/h3-8,11,14,16H,9-10,12-13H2,1-2H3,(H,25,29). The number of aryl methyl sites for hydroxylation is 1. The summed E-state index contributed by atoms with van der Waals surface area (Å²) >= 11 is 0. The maximum Gasteiger partial charge on any atom is 0.290 e. The zero-order valence-corrected chi connectivity index (χ0v) is 18.0. The van der Waals surface area contributed by atoms with Gasteiger partial charge in [-0.05, 0) is 32.0 Å². The van der Waals surface area contributed by atoms with Gasteiger partial charge in [-0.3, -0.25) is 9.59 Å². The highest BCUT2D eigenvalue weighted by atomic mass is 16.3. The summed E-state index contributed by atoms with van der Waals surface area (Å²) in [7, 11) is 0. The molecular formula is C24H24N4O4. The molecule has 0 bridgehead atoms. The van der Waals surface area contributed by atoms with Gasteiger partial charge in [0.25, 0.3) is 5.91 Å². The van der Waals surface area contributed by atoms with E-state index in [1.54, 1.807) is 17.2 Å². The molecule has 8 nitrogen and oxygen atoms in total.